The van der Waals surface area contributed by atoms with Gasteiger partial charge in [0.05, 0.1) is 13.2 Å². The first kappa shape index (κ1) is 13.1. The van der Waals surface area contributed by atoms with Gasteiger partial charge >= 0.3 is 7.82 Å². The summed E-state index contributed by atoms with van der Waals surface area (Å²) >= 11 is 0. The fourth-order valence-corrected chi connectivity index (χ4v) is 2.36. The van der Waals surface area contributed by atoms with Crippen molar-refractivity contribution < 1.29 is 24.0 Å². The highest BCUT2D eigenvalue weighted by Gasteiger charge is 2.35. The van der Waals surface area contributed by atoms with E-state index in [-0.39, 0.29) is 13.2 Å². The lowest BCUT2D eigenvalue weighted by Crippen LogP contribution is -2.47. The first-order valence-electron chi connectivity index (χ1n) is 5.01. The lowest BCUT2D eigenvalue weighted by Gasteiger charge is -2.29. The molecule has 0 spiro atoms. The van der Waals surface area contributed by atoms with E-state index in [2.05, 4.69) is 9.84 Å². The van der Waals surface area contributed by atoms with Gasteiger partial charge in [0.2, 0.25) is 0 Å². The van der Waals surface area contributed by atoms with Crippen molar-refractivity contribution in [2.45, 2.75) is 31.2 Å². The number of phosphoric ester groups is 1. The normalized spacial score (nSPS) is 20.7. The van der Waals surface area contributed by atoms with Crippen molar-refractivity contribution in [1.29, 1.82) is 0 Å². The Hall–Kier alpha value is 0.0300. The Morgan fingerprint density at radius 2 is 1.93 bits per heavy atom. The van der Waals surface area contributed by atoms with E-state index in [1.165, 1.54) is 0 Å². The van der Waals surface area contributed by atoms with E-state index in [1.807, 2.05) is 0 Å². The van der Waals surface area contributed by atoms with Gasteiger partial charge in [-0.15, -0.1) is 0 Å². The van der Waals surface area contributed by atoms with Crippen molar-refractivity contribution in [3.05, 3.63) is 0 Å². The second-order valence-electron chi connectivity index (χ2n) is 3.88. The van der Waals surface area contributed by atoms with Gasteiger partial charge in [0.1, 0.15) is 0 Å². The zero-order valence-corrected chi connectivity index (χ0v) is 9.41. The highest BCUT2D eigenvalue weighted by atomic mass is 31.2. The van der Waals surface area contributed by atoms with E-state index in [9.17, 15) is 9.67 Å². The van der Waals surface area contributed by atoms with E-state index < -0.39 is 13.4 Å². The van der Waals surface area contributed by atoms with Crippen LogP contribution in [0.2, 0.25) is 0 Å². The van der Waals surface area contributed by atoms with Gasteiger partial charge in [-0.1, -0.05) is 12.8 Å². The Morgan fingerprint density at radius 1 is 1.33 bits per heavy atom. The monoisotopic (exact) mass is 238 g/mol. The molecule has 0 aliphatic heterocycles. The largest absolute Gasteiger partial charge is 0.469 e. The van der Waals surface area contributed by atoms with Gasteiger partial charge in [0, 0.05) is 12.1 Å². The van der Waals surface area contributed by atoms with Crippen LogP contribution in [0.3, 0.4) is 0 Å². The highest BCUT2D eigenvalue weighted by molar-refractivity contribution is 7.46. The van der Waals surface area contributed by atoms with Crippen molar-refractivity contribution in [2.75, 3.05) is 19.8 Å². The predicted molar refractivity (Wildman–Crippen MR) is 52.8 cm³/mol. The van der Waals surface area contributed by atoms with Crippen LogP contribution in [0, 0.1) is 0 Å². The molecule has 1 aliphatic carbocycles. The summed E-state index contributed by atoms with van der Waals surface area (Å²) in [7, 11) is -4.41. The van der Waals surface area contributed by atoms with Crippen LogP contribution in [0.25, 0.3) is 0 Å². The van der Waals surface area contributed by atoms with Crippen molar-refractivity contribution in [3.8, 4) is 0 Å². The van der Waals surface area contributed by atoms with Crippen LogP contribution in [-0.2, 0) is 14.2 Å². The second-order valence-corrected chi connectivity index (χ2v) is 5.12. The van der Waals surface area contributed by atoms with E-state index >= 15 is 0 Å². The molecule has 6 nitrogen and oxygen atoms in total. The molecule has 1 fully saturated rings. The maximum atomic E-state index is 10.6. The highest BCUT2D eigenvalue weighted by Crippen LogP contribution is 2.39. The van der Waals surface area contributed by atoms with E-state index in [4.69, 9.17) is 9.79 Å². The van der Waals surface area contributed by atoms with Gasteiger partial charge in [0.15, 0.2) is 0 Å². The molecule has 1 radical (unpaired) electrons. The number of rotatable bonds is 6. The predicted octanol–water partition coefficient (Wildman–Crippen LogP) is 0.429. The van der Waals surface area contributed by atoms with Crippen LogP contribution in [0.5, 0.6) is 0 Å². The summed E-state index contributed by atoms with van der Waals surface area (Å²) in [4.78, 5) is 17.2. The minimum absolute atomic E-state index is 0.0305. The molecule has 3 N–H and O–H groups in total. The number of nitrogens with one attached hydrogen (secondary N) is 1. The maximum absolute atomic E-state index is 10.6. The van der Waals surface area contributed by atoms with Gasteiger partial charge in [-0.2, -0.15) is 0 Å². The molecule has 1 saturated carbocycles. The molecular formula is C8H17NO5P. The van der Waals surface area contributed by atoms with Crippen LogP contribution in [0.1, 0.15) is 25.7 Å². The molecule has 0 aromatic rings. The van der Waals surface area contributed by atoms with Gasteiger partial charge < -0.3 is 15.1 Å². The van der Waals surface area contributed by atoms with Crippen LogP contribution < -0.4 is 5.32 Å². The van der Waals surface area contributed by atoms with Gasteiger partial charge in [-0.25, -0.2) is 9.67 Å². The number of hydrogen-bond donors (Lipinski definition) is 3. The fourth-order valence-electron chi connectivity index (χ4n) is 1.95. The summed E-state index contributed by atoms with van der Waals surface area (Å²) in [6.07, 6.45) is 3.59. The first-order chi connectivity index (χ1) is 6.97. The number of phosphoric acid groups is 1. The lowest BCUT2D eigenvalue weighted by atomic mass is 9.99. The summed E-state index contributed by atoms with van der Waals surface area (Å²) in [5.41, 5.74) is -0.411. The van der Waals surface area contributed by atoms with E-state index in [0.29, 0.717) is 6.54 Å². The molecular weight excluding hydrogens is 221 g/mol. The van der Waals surface area contributed by atoms with Crippen molar-refractivity contribution in [3.63, 3.8) is 0 Å². The van der Waals surface area contributed by atoms with E-state index in [0.717, 1.165) is 25.7 Å². The average molecular weight is 238 g/mol. The molecule has 15 heavy (non-hydrogen) atoms. The minimum atomic E-state index is -4.41. The van der Waals surface area contributed by atoms with Crippen LogP contribution in [0.15, 0.2) is 0 Å². The maximum Gasteiger partial charge on any atom is 0.469 e. The Morgan fingerprint density at radius 3 is 2.40 bits per heavy atom. The minimum Gasteiger partial charge on any atom is -0.307 e. The van der Waals surface area contributed by atoms with E-state index in [1.54, 1.807) is 0 Å². The summed E-state index contributed by atoms with van der Waals surface area (Å²) in [5.74, 6) is 0. The van der Waals surface area contributed by atoms with Crippen molar-refractivity contribution in [1.82, 2.24) is 5.32 Å². The third kappa shape index (κ3) is 4.59. The Labute approximate surface area is 88.9 Å². The third-order valence-corrected chi connectivity index (χ3v) is 3.14. The molecule has 0 bridgehead atoms. The Balaban J connectivity index is 2.46. The average Bonchev–Trinajstić information content (AvgIpc) is 2.60. The van der Waals surface area contributed by atoms with Gasteiger partial charge in [-0.05, 0) is 12.8 Å². The Bertz CT molecular complexity index is 235. The molecule has 1 rings (SSSR count). The molecule has 0 unspecified atom stereocenters. The quantitative estimate of drug-likeness (QED) is 0.583. The third-order valence-electron chi connectivity index (χ3n) is 2.67. The van der Waals surface area contributed by atoms with Crippen LogP contribution in [0.4, 0.5) is 0 Å². The topological polar surface area (TPSA) is 98.7 Å². The summed E-state index contributed by atoms with van der Waals surface area (Å²) in [5, 5.41) is 13.4. The molecule has 0 saturated heterocycles. The number of hydrogen-bond acceptors (Lipinski definition) is 3. The van der Waals surface area contributed by atoms with Crippen molar-refractivity contribution in [2.24, 2.45) is 0 Å². The zero-order valence-electron chi connectivity index (χ0n) is 8.52. The lowest BCUT2D eigenvalue weighted by molar-refractivity contribution is 0.121. The fraction of sp³-hybridized carbons (Fsp3) is 1.00. The molecule has 0 heterocycles. The molecule has 89 valence electrons. The molecule has 0 aromatic carbocycles. The molecule has 0 aromatic heterocycles. The molecule has 0 amide bonds. The molecule has 7 heteroatoms. The van der Waals surface area contributed by atoms with Crippen molar-refractivity contribution >= 4 is 7.82 Å². The summed E-state index contributed by atoms with van der Waals surface area (Å²) in [6, 6.07) is 0. The van der Waals surface area contributed by atoms with Gasteiger partial charge in [0.25, 0.3) is 0 Å². The SMILES string of the molecule is [O]CCNC1(COP(=O)(O)O)CCCC1. The smallest absolute Gasteiger partial charge is 0.307 e. The first-order valence-corrected chi connectivity index (χ1v) is 6.54. The summed E-state index contributed by atoms with van der Waals surface area (Å²) < 4.78 is 15.1. The summed E-state index contributed by atoms with van der Waals surface area (Å²) in [6.45, 7) is 0.0411. The van der Waals surface area contributed by atoms with Crippen LogP contribution in [-0.4, -0.2) is 35.1 Å². The Kier molecular flexibility index (Phi) is 4.70. The van der Waals surface area contributed by atoms with Gasteiger partial charge in [-0.3, -0.25) is 4.52 Å². The molecule has 0 atom stereocenters. The van der Waals surface area contributed by atoms with Crippen LogP contribution >= 0.6 is 7.82 Å². The standard InChI is InChI=1S/C8H17NO5P/c10-6-5-9-8(3-1-2-4-8)7-14-15(11,12)13/h9H,1-7H2,(H2,11,12,13). The zero-order chi connectivity index (χ0) is 11.4. The molecule has 1 aliphatic rings. The second kappa shape index (κ2) is 5.39.